The fourth-order valence-electron chi connectivity index (χ4n) is 2.51. The number of imidazole rings is 1. The molecule has 3 rings (SSSR count). The van der Waals surface area contributed by atoms with Gasteiger partial charge < -0.3 is 9.67 Å². The van der Waals surface area contributed by atoms with Crippen molar-refractivity contribution in [1.29, 1.82) is 0 Å². The Morgan fingerprint density at radius 2 is 2.00 bits per heavy atom. The molecule has 1 aromatic carbocycles. The molecule has 0 spiro atoms. The number of benzene rings is 1. The van der Waals surface area contributed by atoms with Crippen LogP contribution in [0.5, 0.6) is 0 Å². The molecule has 1 aliphatic heterocycles. The van der Waals surface area contributed by atoms with E-state index in [-0.39, 0.29) is 6.61 Å². The second-order valence-electron chi connectivity index (χ2n) is 4.67. The Balaban J connectivity index is 1.72. The average molecular weight is 243 g/mol. The minimum absolute atomic E-state index is 0.0265. The lowest BCUT2D eigenvalue weighted by Gasteiger charge is -2.28. The molecule has 0 radical (unpaired) electrons. The molecule has 0 bridgehead atoms. The van der Waals surface area contributed by atoms with Crippen LogP contribution in [-0.4, -0.2) is 26.1 Å². The van der Waals surface area contributed by atoms with E-state index in [1.165, 1.54) is 11.3 Å². The van der Waals surface area contributed by atoms with Gasteiger partial charge in [0, 0.05) is 32.4 Å². The predicted molar refractivity (Wildman–Crippen MR) is 68.7 cm³/mol. The smallest absolute Gasteiger partial charge is 0.134 e. The zero-order valence-corrected chi connectivity index (χ0v) is 10.3. The van der Waals surface area contributed by atoms with Crippen molar-refractivity contribution in [3.63, 3.8) is 0 Å². The van der Waals surface area contributed by atoms with Gasteiger partial charge in [-0.1, -0.05) is 30.3 Å². The van der Waals surface area contributed by atoms with E-state index in [4.69, 9.17) is 0 Å². The van der Waals surface area contributed by atoms with E-state index in [1.54, 1.807) is 0 Å². The number of aromatic nitrogens is 2. The van der Waals surface area contributed by atoms with Gasteiger partial charge in [-0.15, -0.1) is 0 Å². The number of hydrogen-bond donors (Lipinski definition) is 1. The molecular weight excluding hydrogens is 226 g/mol. The molecule has 0 fully saturated rings. The number of hydrogen-bond acceptors (Lipinski definition) is 3. The Labute approximate surface area is 107 Å². The first kappa shape index (κ1) is 11.4. The quantitative estimate of drug-likeness (QED) is 0.885. The van der Waals surface area contributed by atoms with Gasteiger partial charge in [-0.25, -0.2) is 4.98 Å². The minimum Gasteiger partial charge on any atom is -0.388 e. The van der Waals surface area contributed by atoms with Crippen molar-refractivity contribution in [2.75, 3.05) is 6.54 Å². The third-order valence-corrected chi connectivity index (χ3v) is 3.44. The molecule has 0 saturated heterocycles. The van der Waals surface area contributed by atoms with E-state index in [0.29, 0.717) is 0 Å². The van der Waals surface area contributed by atoms with Crippen molar-refractivity contribution >= 4 is 0 Å². The Morgan fingerprint density at radius 3 is 2.78 bits per heavy atom. The maximum Gasteiger partial charge on any atom is 0.134 e. The molecular formula is C14H17N3O. The third-order valence-electron chi connectivity index (χ3n) is 3.44. The number of rotatable bonds is 3. The molecule has 94 valence electrons. The number of aliphatic hydroxyl groups is 1. The molecule has 0 amide bonds. The van der Waals surface area contributed by atoms with E-state index in [0.717, 1.165) is 32.0 Å². The van der Waals surface area contributed by atoms with Crippen LogP contribution in [0.3, 0.4) is 0 Å². The Kier molecular flexibility index (Phi) is 3.13. The fourth-order valence-corrected chi connectivity index (χ4v) is 2.51. The number of nitrogens with zero attached hydrogens (tertiary/aromatic N) is 3. The Bertz CT molecular complexity index is 521. The highest BCUT2D eigenvalue weighted by atomic mass is 16.3. The highest BCUT2D eigenvalue weighted by Crippen LogP contribution is 2.16. The van der Waals surface area contributed by atoms with E-state index in [1.807, 2.05) is 12.3 Å². The molecule has 1 aliphatic rings. The van der Waals surface area contributed by atoms with Crippen molar-refractivity contribution in [1.82, 2.24) is 14.5 Å². The van der Waals surface area contributed by atoms with Gasteiger partial charge >= 0.3 is 0 Å². The second kappa shape index (κ2) is 4.92. The summed E-state index contributed by atoms with van der Waals surface area (Å²) in [6.07, 6.45) is 1.88. The summed E-state index contributed by atoms with van der Waals surface area (Å²) in [4.78, 5) is 6.65. The fraction of sp³-hybridized carbons (Fsp3) is 0.357. The zero-order chi connectivity index (χ0) is 12.4. The molecule has 1 N–H and O–H groups in total. The number of aliphatic hydroxyl groups excluding tert-OH is 1. The van der Waals surface area contributed by atoms with Crippen LogP contribution in [-0.2, 0) is 26.2 Å². The van der Waals surface area contributed by atoms with Gasteiger partial charge in [0.05, 0.1) is 5.69 Å². The highest BCUT2D eigenvalue weighted by molar-refractivity contribution is 5.15. The summed E-state index contributed by atoms with van der Waals surface area (Å²) in [6, 6.07) is 10.5. The highest BCUT2D eigenvalue weighted by Gasteiger charge is 2.18. The summed E-state index contributed by atoms with van der Waals surface area (Å²) in [7, 11) is 0. The molecule has 0 atom stereocenters. The third kappa shape index (κ3) is 2.17. The maximum absolute atomic E-state index is 9.19. The SMILES string of the molecule is OCc1ncc2n1CCN(Cc1ccccc1)C2. The van der Waals surface area contributed by atoms with Crippen LogP contribution < -0.4 is 0 Å². The van der Waals surface area contributed by atoms with Crippen LogP contribution in [0.1, 0.15) is 17.1 Å². The lowest BCUT2D eigenvalue weighted by atomic mass is 10.2. The molecule has 0 aliphatic carbocycles. The van der Waals surface area contributed by atoms with Crippen molar-refractivity contribution in [3.05, 3.63) is 53.6 Å². The number of fused-ring (bicyclic) bond motifs is 1. The topological polar surface area (TPSA) is 41.3 Å². The van der Waals surface area contributed by atoms with Crippen molar-refractivity contribution in [2.24, 2.45) is 0 Å². The van der Waals surface area contributed by atoms with Gasteiger partial charge in [0.25, 0.3) is 0 Å². The van der Waals surface area contributed by atoms with E-state index in [2.05, 4.69) is 38.7 Å². The summed E-state index contributed by atoms with van der Waals surface area (Å²) in [6.45, 7) is 3.82. The monoisotopic (exact) mass is 243 g/mol. The molecule has 4 nitrogen and oxygen atoms in total. The van der Waals surface area contributed by atoms with Gasteiger partial charge in [-0.05, 0) is 5.56 Å². The van der Waals surface area contributed by atoms with Gasteiger partial charge in [0.15, 0.2) is 0 Å². The van der Waals surface area contributed by atoms with Gasteiger partial charge in [0.1, 0.15) is 12.4 Å². The maximum atomic E-state index is 9.19. The second-order valence-corrected chi connectivity index (χ2v) is 4.67. The van der Waals surface area contributed by atoms with E-state index in [9.17, 15) is 5.11 Å². The van der Waals surface area contributed by atoms with E-state index < -0.39 is 0 Å². The first-order valence-corrected chi connectivity index (χ1v) is 6.27. The van der Waals surface area contributed by atoms with Crippen LogP contribution in [0.15, 0.2) is 36.5 Å². The molecule has 18 heavy (non-hydrogen) atoms. The molecule has 1 aromatic heterocycles. The normalized spacial score (nSPS) is 15.6. The zero-order valence-electron chi connectivity index (χ0n) is 10.3. The summed E-state index contributed by atoms with van der Waals surface area (Å²) in [5.74, 6) is 0.782. The van der Waals surface area contributed by atoms with Crippen LogP contribution >= 0.6 is 0 Å². The Hall–Kier alpha value is -1.65. The van der Waals surface area contributed by atoms with Crippen molar-refractivity contribution in [2.45, 2.75) is 26.2 Å². The predicted octanol–water partition coefficient (Wildman–Crippen LogP) is 1.39. The largest absolute Gasteiger partial charge is 0.388 e. The van der Waals surface area contributed by atoms with Crippen LogP contribution in [0, 0.1) is 0 Å². The molecule has 2 aromatic rings. The van der Waals surface area contributed by atoms with Crippen molar-refractivity contribution in [3.8, 4) is 0 Å². The standard InChI is InChI=1S/C14H17N3O/c18-11-14-15-8-13-10-16(6-7-17(13)14)9-12-4-2-1-3-5-12/h1-5,8,18H,6-7,9-11H2. The summed E-state index contributed by atoms with van der Waals surface area (Å²) in [5.41, 5.74) is 2.54. The van der Waals surface area contributed by atoms with Crippen molar-refractivity contribution < 1.29 is 5.11 Å². The van der Waals surface area contributed by atoms with Crippen LogP contribution in [0.25, 0.3) is 0 Å². The molecule has 4 heteroatoms. The molecule has 2 heterocycles. The van der Waals surface area contributed by atoms with Gasteiger partial charge in [-0.2, -0.15) is 0 Å². The summed E-state index contributed by atoms with van der Waals surface area (Å²) in [5, 5.41) is 9.19. The summed E-state index contributed by atoms with van der Waals surface area (Å²) >= 11 is 0. The minimum atomic E-state index is 0.0265. The van der Waals surface area contributed by atoms with Gasteiger partial charge in [-0.3, -0.25) is 4.90 Å². The van der Waals surface area contributed by atoms with Crippen LogP contribution in [0.4, 0.5) is 0 Å². The van der Waals surface area contributed by atoms with E-state index >= 15 is 0 Å². The first-order valence-electron chi connectivity index (χ1n) is 6.27. The van der Waals surface area contributed by atoms with Crippen LogP contribution in [0.2, 0.25) is 0 Å². The lowest BCUT2D eigenvalue weighted by Crippen LogP contribution is -2.33. The Morgan fingerprint density at radius 1 is 1.17 bits per heavy atom. The lowest BCUT2D eigenvalue weighted by molar-refractivity contribution is 0.202. The molecule has 0 unspecified atom stereocenters. The summed E-state index contributed by atoms with van der Waals surface area (Å²) < 4.78 is 2.13. The first-order chi connectivity index (χ1) is 8.86. The van der Waals surface area contributed by atoms with Gasteiger partial charge in [0.2, 0.25) is 0 Å². The average Bonchev–Trinajstić information content (AvgIpc) is 2.82. The molecule has 0 saturated carbocycles.